The molecule has 172 valence electrons. The highest BCUT2D eigenvalue weighted by atomic mass is 32.2. The standard InChI is InChI=1S/C22H23N5O4S2/c1-32-22-23-15-19(27(22)17-7-3-2-4-8-17)21(29)25-24-20(28)16-9-11-18(12-10-16)33(30,31)26-13-5-6-14-26/h2-4,7-12,15H,5-6,13-14H2,1H3,(H,24,28)(H,25,29). The number of nitrogens with one attached hydrogen (secondary N) is 2. The monoisotopic (exact) mass is 485 g/mol. The van der Waals surface area contributed by atoms with Crippen LogP contribution in [-0.2, 0) is 10.0 Å². The van der Waals surface area contributed by atoms with Crippen LogP contribution < -0.4 is 10.9 Å². The van der Waals surface area contributed by atoms with Gasteiger partial charge < -0.3 is 0 Å². The number of thioether (sulfide) groups is 1. The van der Waals surface area contributed by atoms with E-state index in [-0.39, 0.29) is 16.2 Å². The molecule has 0 spiro atoms. The van der Waals surface area contributed by atoms with E-state index in [1.54, 1.807) is 4.57 Å². The lowest BCUT2D eigenvalue weighted by molar-refractivity contribution is 0.0842. The zero-order valence-electron chi connectivity index (χ0n) is 17.9. The van der Waals surface area contributed by atoms with Crippen LogP contribution in [0.1, 0.15) is 33.7 Å². The molecule has 0 saturated carbocycles. The molecule has 1 fully saturated rings. The SMILES string of the molecule is CSc1ncc(C(=O)NNC(=O)c2ccc(S(=O)(=O)N3CCCC3)cc2)n1-c1ccccc1. The van der Waals surface area contributed by atoms with E-state index in [9.17, 15) is 18.0 Å². The van der Waals surface area contributed by atoms with E-state index in [4.69, 9.17) is 0 Å². The van der Waals surface area contributed by atoms with Gasteiger partial charge in [-0.15, -0.1) is 0 Å². The number of imidazole rings is 1. The van der Waals surface area contributed by atoms with Gasteiger partial charge in [-0.05, 0) is 55.5 Å². The van der Waals surface area contributed by atoms with Crippen molar-refractivity contribution in [2.24, 2.45) is 0 Å². The molecule has 4 rings (SSSR count). The Kier molecular flexibility index (Phi) is 6.82. The number of hydrogen-bond donors (Lipinski definition) is 2. The average molecular weight is 486 g/mol. The number of aromatic nitrogens is 2. The third kappa shape index (κ3) is 4.80. The highest BCUT2D eigenvalue weighted by Gasteiger charge is 2.27. The molecule has 2 aromatic carbocycles. The fraction of sp³-hybridized carbons (Fsp3) is 0.227. The summed E-state index contributed by atoms with van der Waals surface area (Å²) >= 11 is 1.39. The molecule has 1 saturated heterocycles. The zero-order chi connectivity index (χ0) is 23.4. The molecule has 33 heavy (non-hydrogen) atoms. The van der Waals surface area contributed by atoms with E-state index in [2.05, 4.69) is 15.8 Å². The highest BCUT2D eigenvalue weighted by Crippen LogP contribution is 2.22. The minimum Gasteiger partial charge on any atom is -0.283 e. The van der Waals surface area contributed by atoms with Crippen LogP contribution in [0.2, 0.25) is 0 Å². The van der Waals surface area contributed by atoms with Gasteiger partial charge in [-0.3, -0.25) is 25.0 Å². The Balaban J connectivity index is 1.44. The van der Waals surface area contributed by atoms with E-state index in [1.807, 2.05) is 36.6 Å². The number of benzene rings is 2. The van der Waals surface area contributed by atoms with Crippen molar-refractivity contribution in [2.75, 3.05) is 19.3 Å². The smallest absolute Gasteiger partial charge is 0.283 e. The van der Waals surface area contributed by atoms with Crippen LogP contribution in [0.3, 0.4) is 0 Å². The van der Waals surface area contributed by atoms with Crippen molar-refractivity contribution in [2.45, 2.75) is 22.9 Å². The Bertz CT molecular complexity index is 1250. The molecule has 2 heterocycles. The van der Waals surface area contributed by atoms with Crippen molar-refractivity contribution in [1.82, 2.24) is 24.7 Å². The molecular formula is C22H23N5O4S2. The number of carbonyl (C=O) groups is 2. The molecule has 0 unspecified atom stereocenters. The van der Waals surface area contributed by atoms with Crippen molar-refractivity contribution < 1.29 is 18.0 Å². The van der Waals surface area contributed by atoms with Crippen LogP contribution in [0, 0.1) is 0 Å². The largest absolute Gasteiger partial charge is 0.288 e. The molecule has 1 aliphatic heterocycles. The van der Waals surface area contributed by atoms with Crippen LogP contribution in [-0.4, -0.2) is 53.4 Å². The number of sulfonamides is 1. The number of carbonyl (C=O) groups excluding carboxylic acids is 2. The molecule has 2 N–H and O–H groups in total. The summed E-state index contributed by atoms with van der Waals surface area (Å²) in [6, 6.07) is 14.9. The van der Waals surface area contributed by atoms with Crippen LogP contribution in [0.5, 0.6) is 0 Å². The molecule has 0 aliphatic carbocycles. The molecule has 1 aromatic heterocycles. The van der Waals surface area contributed by atoms with Gasteiger partial charge in [-0.2, -0.15) is 4.31 Å². The maximum Gasteiger partial charge on any atom is 0.288 e. The predicted molar refractivity (Wildman–Crippen MR) is 125 cm³/mol. The van der Waals surface area contributed by atoms with Crippen LogP contribution in [0.15, 0.2) is 70.8 Å². The molecular weight excluding hydrogens is 462 g/mol. The van der Waals surface area contributed by atoms with Crippen molar-refractivity contribution in [3.05, 3.63) is 72.1 Å². The molecule has 0 atom stereocenters. The minimum atomic E-state index is -3.55. The number of amides is 2. The van der Waals surface area contributed by atoms with Gasteiger partial charge in [0.25, 0.3) is 11.8 Å². The van der Waals surface area contributed by atoms with Crippen LogP contribution >= 0.6 is 11.8 Å². The zero-order valence-corrected chi connectivity index (χ0v) is 19.5. The first-order valence-corrected chi connectivity index (χ1v) is 13.0. The van der Waals surface area contributed by atoms with Gasteiger partial charge in [0.05, 0.1) is 11.1 Å². The molecule has 0 bridgehead atoms. The molecule has 0 radical (unpaired) electrons. The van der Waals surface area contributed by atoms with E-state index in [0.717, 1.165) is 18.5 Å². The second-order valence-electron chi connectivity index (χ2n) is 7.34. The lowest BCUT2D eigenvalue weighted by atomic mass is 10.2. The summed E-state index contributed by atoms with van der Waals surface area (Å²) in [5, 5.41) is 0.632. The Morgan fingerprint density at radius 1 is 0.939 bits per heavy atom. The number of rotatable bonds is 6. The summed E-state index contributed by atoms with van der Waals surface area (Å²) in [6.07, 6.45) is 5.00. The minimum absolute atomic E-state index is 0.140. The Labute approximate surface area is 196 Å². The number of hydrogen-bond acceptors (Lipinski definition) is 6. The quantitative estimate of drug-likeness (QED) is 0.410. The summed E-state index contributed by atoms with van der Waals surface area (Å²) < 4.78 is 28.4. The van der Waals surface area contributed by atoms with E-state index in [0.29, 0.717) is 18.2 Å². The summed E-state index contributed by atoms with van der Waals surface area (Å²) in [5.74, 6) is -1.10. The average Bonchev–Trinajstić information content (AvgIpc) is 3.53. The van der Waals surface area contributed by atoms with Crippen molar-refractivity contribution in [3.63, 3.8) is 0 Å². The topological polar surface area (TPSA) is 113 Å². The Morgan fingerprint density at radius 3 is 2.21 bits per heavy atom. The van der Waals surface area contributed by atoms with Gasteiger partial charge in [0.15, 0.2) is 5.16 Å². The first-order valence-electron chi connectivity index (χ1n) is 10.3. The third-order valence-electron chi connectivity index (χ3n) is 5.27. The maximum absolute atomic E-state index is 12.8. The van der Waals surface area contributed by atoms with Crippen molar-refractivity contribution >= 4 is 33.6 Å². The van der Waals surface area contributed by atoms with E-state index in [1.165, 1.54) is 46.5 Å². The molecule has 2 amide bonds. The van der Waals surface area contributed by atoms with Gasteiger partial charge in [0, 0.05) is 24.3 Å². The van der Waals surface area contributed by atoms with Crippen molar-refractivity contribution in [1.29, 1.82) is 0 Å². The molecule has 11 heteroatoms. The summed E-state index contributed by atoms with van der Waals surface area (Å²) in [7, 11) is -3.55. The third-order valence-corrected chi connectivity index (χ3v) is 7.83. The molecule has 9 nitrogen and oxygen atoms in total. The van der Waals surface area contributed by atoms with Crippen LogP contribution in [0.25, 0.3) is 5.69 Å². The van der Waals surface area contributed by atoms with Gasteiger partial charge in [0.2, 0.25) is 10.0 Å². The predicted octanol–water partition coefficient (Wildman–Crippen LogP) is 2.45. The summed E-state index contributed by atoms with van der Waals surface area (Å²) in [6.45, 7) is 1.02. The second kappa shape index (κ2) is 9.77. The van der Waals surface area contributed by atoms with Gasteiger partial charge in [-0.25, -0.2) is 13.4 Å². The molecule has 3 aromatic rings. The number of para-hydroxylation sites is 1. The molecule has 1 aliphatic rings. The van der Waals surface area contributed by atoms with Crippen molar-refractivity contribution in [3.8, 4) is 5.69 Å². The fourth-order valence-electron chi connectivity index (χ4n) is 3.57. The Morgan fingerprint density at radius 2 is 1.58 bits per heavy atom. The van der Waals surface area contributed by atoms with Gasteiger partial charge in [-0.1, -0.05) is 30.0 Å². The normalized spacial score (nSPS) is 14.2. The number of nitrogens with zero attached hydrogens (tertiary/aromatic N) is 3. The Hall–Kier alpha value is -3.15. The van der Waals surface area contributed by atoms with E-state index < -0.39 is 21.8 Å². The highest BCUT2D eigenvalue weighted by molar-refractivity contribution is 7.98. The lowest BCUT2D eigenvalue weighted by Crippen LogP contribution is -2.42. The van der Waals surface area contributed by atoms with Gasteiger partial charge >= 0.3 is 0 Å². The van der Waals surface area contributed by atoms with Gasteiger partial charge in [0.1, 0.15) is 5.69 Å². The second-order valence-corrected chi connectivity index (χ2v) is 10.1. The first-order chi connectivity index (χ1) is 15.9. The first kappa shape index (κ1) is 23.0. The summed E-state index contributed by atoms with van der Waals surface area (Å²) in [5.41, 5.74) is 6.02. The number of hydrazine groups is 1. The maximum atomic E-state index is 12.8. The fourth-order valence-corrected chi connectivity index (χ4v) is 5.63. The lowest BCUT2D eigenvalue weighted by Gasteiger charge is -2.15. The van der Waals surface area contributed by atoms with Crippen LogP contribution in [0.4, 0.5) is 0 Å². The summed E-state index contributed by atoms with van der Waals surface area (Å²) in [4.78, 5) is 29.7. The van der Waals surface area contributed by atoms with E-state index >= 15 is 0 Å².